The lowest BCUT2D eigenvalue weighted by atomic mass is 10.2. The summed E-state index contributed by atoms with van der Waals surface area (Å²) >= 11 is 0. The fraction of sp³-hybridized carbons (Fsp3) is 0.286. The minimum Gasteiger partial charge on any atom is -0.466 e. The summed E-state index contributed by atoms with van der Waals surface area (Å²) in [5, 5.41) is 0. The van der Waals surface area contributed by atoms with Crippen molar-refractivity contribution in [1.82, 2.24) is 0 Å². The predicted molar refractivity (Wildman–Crippen MR) is 73.2 cm³/mol. The Kier molecular flexibility index (Phi) is 3.93. The molecule has 6 heteroatoms. The highest BCUT2D eigenvalue weighted by Gasteiger charge is 2.26. The Bertz CT molecular complexity index is 563. The predicted octanol–water partition coefficient (Wildman–Crippen LogP) is 0.679. The minimum atomic E-state index is -0.406. The van der Waals surface area contributed by atoms with Crippen LogP contribution in [0.15, 0.2) is 35.5 Å². The summed E-state index contributed by atoms with van der Waals surface area (Å²) in [5.41, 5.74) is 8.18. The first-order chi connectivity index (χ1) is 9.56. The van der Waals surface area contributed by atoms with E-state index in [2.05, 4.69) is 9.47 Å². The number of anilines is 1. The molecule has 0 fully saturated rings. The van der Waals surface area contributed by atoms with Crippen LogP contribution in [0.25, 0.3) is 0 Å². The largest absolute Gasteiger partial charge is 0.466 e. The van der Waals surface area contributed by atoms with E-state index >= 15 is 0 Å². The van der Waals surface area contributed by atoms with Crippen LogP contribution in [0.2, 0.25) is 0 Å². The molecule has 6 nitrogen and oxygen atoms in total. The van der Waals surface area contributed by atoms with Crippen LogP contribution in [0, 0.1) is 0 Å². The van der Waals surface area contributed by atoms with Crippen molar-refractivity contribution in [3.63, 3.8) is 0 Å². The van der Waals surface area contributed by atoms with Gasteiger partial charge >= 0.3 is 11.9 Å². The number of rotatable bonds is 3. The second-order valence-electron chi connectivity index (χ2n) is 4.39. The average Bonchev–Trinajstić information content (AvgIpc) is 2.87. The van der Waals surface area contributed by atoms with Crippen molar-refractivity contribution in [3.8, 4) is 0 Å². The molecule has 0 spiro atoms. The summed E-state index contributed by atoms with van der Waals surface area (Å²) in [5.74, 6) is -0.790. The maximum Gasteiger partial charge on any atom is 0.337 e. The highest BCUT2D eigenvalue weighted by atomic mass is 16.5. The molecule has 20 heavy (non-hydrogen) atoms. The Hall–Kier alpha value is -2.50. The molecule has 2 N–H and O–H groups in total. The Morgan fingerprint density at radius 1 is 1.05 bits per heavy atom. The van der Waals surface area contributed by atoms with Gasteiger partial charge in [-0.25, -0.2) is 9.59 Å². The zero-order chi connectivity index (χ0) is 14.7. The van der Waals surface area contributed by atoms with E-state index in [-0.39, 0.29) is 5.97 Å². The third-order valence-corrected chi connectivity index (χ3v) is 3.18. The topological polar surface area (TPSA) is 81.9 Å². The molecule has 0 bridgehead atoms. The van der Waals surface area contributed by atoms with E-state index in [1.165, 1.54) is 14.2 Å². The molecule has 1 heterocycles. The van der Waals surface area contributed by atoms with Crippen LogP contribution in [0.3, 0.4) is 0 Å². The summed E-state index contributed by atoms with van der Waals surface area (Å²) in [6.07, 6.45) is 0. The summed E-state index contributed by atoms with van der Waals surface area (Å²) in [6, 6.07) is 6.93. The minimum absolute atomic E-state index is 0.383. The number of hydrogen-bond acceptors (Lipinski definition) is 6. The second-order valence-corrected chi connectivity index (χ2v) is 4.39. The second kappa shape index (κ2) is 5.64. The highest BCUT2D eigenvalue weighted by Crippen LogP contribution is 2.23. The van der Waals surface area contributed by atoms with Crippen LogP contribution in [0.1, 0.15) is 10.4 Å². The van der Waals surface area contributed by atoms with Crippen LogP contribution in [-0.2, 0) is 14.3 Å². The molecular formula is C14H16N2O4. The van der Waals surface area contributed by atoms with Crippen molar-refractivity contribution in [2.45, 2.75) is 0 Å². The van der Waals surface area contributed by atoms with Gasteiger partial charge in [-0.15, -0.1) is 0 Å². The fourth-order valence-corrected chi connectivity index (χ4v) is 2.08. The lowest BCUT2D eigenvalue weighted by molar-refractivity contribution is -0.136. The van der Waals surface area contributed by atoms with E-state index < -0.39 is 5.97 Å². The van der Waals surface area contributed by atoms with Gasteiger partial charge in [0, 0.05) is 11.4 Å². The monoisotopic (exact) mass is 276 g/mol. The average molecular weight is 276 g/mol. The smallest absolute Gasteiger partial charge is 0.337 e. The lowest BCUT2D eigenvalue weighted by Crippen LogP contribution is -2.22. The molecule has 0 aromatic heterocycles. The van der Waals surface area contributed by atoms with Crippen molar-refractivity contribution >= 4 is 17.6 Å². The quantitative estimate of drug-likeness (QED) is 0.817. The third kappa shape index (κ3) is 2.59. The zero-order valence-corrected chi connectivity index (χ0v) is 11.4. The maximum atomic E-state index is 11.5. The zero-order valence-electron chi connectivity index (χ0n) is 11.4. The van der Waals surface area contributed by atoms with Gasteiger partial charge in [-0.3, -0.25) is 0 Å². The Labute approximate surface area is 116 Å². The van der Waals surface area contributed by atoms with Gasteiger partial charge in [-0.05, 0) is 24.3 Å². The number of ether oxygens (including phenoxy) is 2. The van der Waals surface area contributed by atoms with Gasteiger partial charge in [0.25, 0.3) is 0 Å². The molecule has 106 valence electrons. The van der Waals surface area contributed by atoms with Crippen molar-refractivity contribution in [2.75, 3.05) is 32.2 Å². The molecule has 1 aromatic rings. The highest BCUT2D eigenvalue weighted by molar-refractivity contribution is 5.92. The van der Waals surface area contributed by atoms with Crippen LogP contribution >= 0.6 is 0 Å². The van der Waals surface area contributed by atoms with E-state index in [1.54, 1.807) is 24.3 Å². The van der Waals surface area contributed by atoms with Gasteiger partial charge in [0.15, 0.2) is 0 Å². The summed E-state index contributed by atoms with van der Waals surface area (Å²) in [6.45, 7) is 0.859. The van der Waals surface area contributed by atoms with Gasteiger partial charge in [-0.2, -0.15) is 0 Å². The number of nitrogens with two attached hydrogens (primary N) is 1. The Morgan fingerprint density at radius 2 is 1.65 bits per heavy atom. The van der Waals surface area contributed by atoms with Gasteiger partial charge in [0.2, 0.25) is 0 Å². The van der Waals surface area contributed by atoms with Gasteiger partial charge in [0.1, 0.15) is 0 Å². The molecule has 0 amide bonds. The molecule has 1 aliphatic heterocycles. The van der Waals surface area contributed by atoms with Gasteiger partial charge in [-0.1, -0.05) is 0 Å². The lowest BCUT2D eigenvalue weighted by Gasteiger charge is -2.18. The van der Waals surface area contributed by atoms with Gasteiger partial charge in [0.05, 0.1) is 38.4 Å². The maximum absolute atomic E-state index is 11.5. The molecule has 0 radical (unpaired) electrons. The van der Waals surface area contributed by atoms with Crippen LogP contribution in [-0.4, -0.2) is 39.2 Å². The number of methoxy groups -OCH3 is 2. The molecular weight excluding hydrogens is 260 g/mol. The van der Waals surface area contributed by atoms with E-state index in [4.69, 9.17) is 5.73 Å². The van der Waals surface area contributed by atoms with Crippen LogP contribution < -0.4 is 10.6 Å². The molecule has 1 aromatic carbocycles. The molecule has 0 saturated carbocycles. The Morgan fingerprint density at radius 3 is 2.20 bits per heavy atom. The third-order valence-electron chi connectivity index (χ3n) is 3.18. The number of carbonyl (C=O) groups is 2. The van der Waals surface area contributed by atoms with E-state index in [0.717, 1.165) is 5.69 Å². The van der Waals surface area contributed by atoms with Crippen LogP contribution in [0.5, 0.6) is 0 Å². The van der Waals surface area contributed by atoms with E-state index in [9.17, 15) is 9.59 Å². The summed E-state index contributed by atoms with van der Waals surface area (Å²) in [7, 11) is 2.67. The van der Waals surface area contributed by atoms with Crippen molar-refractivity contribution in [2.24, 2.45) is 5.73 Å². The first-order valence-corrected chi connectivity index (χ1v) is 6.06. The molecule has 0 unspecified atom stereocenters. The molecule has 2 rings (SSSR count). The van der Waals surface area contributed by atoms with Crippen molar-refractivity contribution in [3.05, 3.63) is 41.1 Å². The van der Waals surface area contributed by atoms with Crippen LogP contribution in [0.4, 0.5) is 5.69 Å². The van der Waals surface area contributed by atoms with E-state index in [1.807, 2.05) is 4.90 Å². The molecule has 1 aliphatic rings. The normalized spacial score (nSPS) is 14.4. The van der Waals surface area contributed by atoms with Gasteiger partial charge < -0.3 is 20.1 Å². The number of nitrogens with zero attached hydrogens (tertiary/aromatic N) is 1. The molecule has 0 aliphatic carbocycles. The first kappa shape index (κ1) is 13.9. The molecule has 0 atom stereocenters. The van der Waals surface area contributed by atoms with E-state index in [0.29, 0.717) is 29.9 Å². The molecule has 0 saturated heterocycles. The van der Waals surface area contributed by atoms with Crippen molar-refractivity contribution in [1.29, 1.82) is 0 Å². The number of benzene rings is 1. The number of hydrogen-bond donors (Lipinski definition) is 1. The summed E-state index contributed by atoms with van der Waals surface area (Å²) in [4.78, 5) is 24.8. The first-order valence-electron chi connectivity index (χ1n) is 6.06. The standard InChI is InChI=1S/C14H16N2O4/c1-19-13(17)9-3-5-10(6-4-9)16-7-11(12(15)8-16)14(18)20-2/h3-6H,7-8,15H2,1-2H3. The number of carbonyl (C=O) groups excluding carboxylic acids is 2. The SMILES string of the molecule is COC(=O)C1=C(N)CN(c2ccc(C(=O)OC)cc2)C1. The number of esters is 2. The van der Waals surface area contributed by atoms with Crippen molar-refractivity contribution < 1.29 is 19.1 Å². The Balaban J connectivity index is 2.12. The fourth-order valence-electron chi connectivity index (χ4n) is 2.08. The summed E-state index contributed by atoms with van der Waals surface area (Å²) < 4.78 is 9.33.